The van der Waals surface area contributed by atoms with Crippen LogP contribution in [0.15, 0.2) is 53.0 Å². The second-order valence-electron chi connectivity index (χ2n) is 4.64. The van der Waals surface area contributed by atoms with Crippen LogP contribution in [0.1, 0.15) is 17.2 Å². The Balaban J connectivity index is 2.04. The molecule has 2 rings (SSSR count). The lowest BCUT2D eigenvalue weighted by Crippen LogP contribution is -2.34. The summed E-state index contributed by atoms with van der Waals surface area (Å²) in [7, 11) is 0. The van der Waals surface area contributed by atoms with Crippen LogP contribution in [0.4, 0.5) is 9.18 Å². The number of carbonyl (C=O) groups is 2. The van der Waals surface area contributed by atoms with E-state index in [2.05, 4.69) is 21.2 Å². The molecular formula is C16H13BrFNO4. The number of aliphatic carboxylic acids is 1. The topological polar surface area (TPSA) is 75.6 Å². The highest BCUT2D eigenvalue weighted by molar-refractivity contribution is 9.10. The fourth-order valence-electron chi connectivity index (χ4n) is 1.89. The van der Waals surface area contributed by atoms with E-state index in [4.69, 9.17) is 4.74 Å². The zero-order valence-electron chi connectivity index (χ0n) is 11.8. The molecule has 0 aliphatic rings. The Labute approximate surface area is 140 Å². The zero-order chi connectivity index (χ0) is 16.8. The van der Waals surface area contributed by atoms with Gasteiger partial charge in [0.15, 0.2) is 6.04 Å². The molecule has 0 aliphatic carbocycles. The number of rotatable bonds is 5. The molecule has 23 heavy (non-hydrogen) atoms. The summed E-state index contributed by atoms with van der Waals surface area (Å²) in [6.45, 7) is 0.0175. The molecule has 0 fully saturated rings. The van der Waals surface area contributed by atoms with Crippen molar-refractivity contribution in [1.29, 1.82) is 0 Å². The van der Waals surface area contributed by atoms with E-state index in [1.165, 1.54) is 6.07 Å². The van der Waals surface area contributed by atoms with Gasteiger partial charge in [-0.1, -0.05) is 52.3 Å². The molecular weight excluding hydrogens is 369 g/mol. The standard InChI is InChI=1S/C16H13BrFNO4/c17-13-8-11(18)6-7-12(13)14(15(20)21)19-16(22)23-9-10-4-2-1-3-5-10/h1-8,14H,9H2,(H,19,22)(H,20,21). The Kier molecular flexibility index (Phi) is 5.70. The maximum Gasteiger partial charge on any atom is 0.408 e. The van der Waals surface area contributed by atoms with Crippen molar-refractivity contribution in [3.8, 4) is 0 Å². The number of ether oxygens (including phenoxy) is 1. The Morgan fingerprint density at radius 3 is 2.52 bits per heavy atom. The first-order valence-electron chi connectivity index (χ1n) is 6.62. The van der Waals surface area contributed by atoms with Crippen LogP contribution in [0, 0.1) is 5.82 Å². The van der Waals surface area contributed by atoms with Crippen LogP contribution in [0.3, 0.4) is 0 Å². The quantitative estimate of drug-likeness (QED) is 0.828. The van der Waals surface area contributed by atoms with Crippen LogP contribution in [0.2, 0.25) is 0 Å². The van der Waals surface area contributed by atoms with Crippen molar-refractivity contribution in [3.05, 3.63) is 69.9 Å². The highest BCUT2D eigenvalue weighted by atomic mass is 79.9. The van der Waals surface area contributed by atoms with Gasteiger partial charge in [-0.3, -0.25) is 0 Å². The highest BCUT2D eigenvalue weighted by Crippen LogP contribution is 2.25. The van der Waals surface area contributed by atoms with Gasteiger partial charge in [-0.05, 0) is 17.7 Å². The molecule has 1 amide bonds. The third-order valence-electron chi connectivity index (χ3n) is 3.00. The number of carbonyl (C=O) groups excluding carboxylic acids is 1. The largest absolute Gasteiger partial charge is 0.479 e. The van der Waals surface area contributed by atoms with E-state index in [9.17, 15) is 19.1 Å². The number of alkyl carbamates (subject to hydrolysis) is 1. The highest BCUT2D eigenvalue weighted by Gasteiger charge is 2.25. The molecule has 0 saturated heterocycles. The van der Waals surface area contributed by atoms with Crippen LogP contribution in [0.25, 0.3) is 0 Å². The third kappa shape index (κ3) is 4.79. The second kappa shape index (κ2) is 7.73. The van der Waals surface area contributed by atoms with Gasteiger partial charge >= 0.3 is 12.1 Å². The van der Waals surface area contributed by atoms with Crippen molar-refractivity contribution >= 4 is 28.0 Å². The molecule has 0 radical (unpaired) electrons. The van der Waals surface area contributed by atoms with Gasteiger partial charge < -0.3 is 15.2 Å². The summed E-state index contributed by atoms with van der Waals surface area (Å²) in [4.78, 5) is 23.2. The first-order chi connectivity index (χ1) is 11.0. The molecule has 1 unspecified atom stereocenters. The minimum absolute atomic E-state index is 0.0175. The molecule has 0 saturated carbocycles. The van der Waals surface area contributed by atoms with Crippen molar-refractivity contribution in [2.24, 2.45) is 0 Å². The van der Waals surface area contributed by atoms with Crippen LogP contribution in [-0.2, 0) is 16.1 Å². The van der Waals surface area contributed by atoms with Crippen LogP contribution in [-0.4, -0.2) is 17.2 Å². The number of nitrogens with one attached hydrogen (secondary N) is 1. The smallest absolute Gasteiger partial charge is 0.408 e. The van der Waals surface area contributed by atoms with Crippen molar-refractivity contribution in [3.63, 3.8) is 0 Å². The summed E-state index contributed by atoms with van der Waals surface area (Å²) < 4.78 is 18.3. The summed E-state index contributed by atoms with van der Waals surface area (Å²) in [5, 5.41) is 11.5. The SMILES string of the molecule is O=C(NC(C(=O)O)c1ccc(F)cc1Br)OCc1ccccc1. The summed E-state index contributed by atoms with van der Waals surface area (Å²) in [6, 6.07) is 11.2. The fourth-order valence-corrected chi connectivity index (χ4v) is 2.47. The molecule has 1 atom stereocenters. The number of carboxylic acid groups (broad SMARTS) is 1. The lowest BCUT2D eigenvalue weighted by molar-refractivity contribution is -0.139. The van der Waals surface area contributed by atoms with E-state index in [1.807, 2.05) is 6.07 Å². The fraction of sp³-hybridized carbons (Fsp3) is 0.125. The Hall–Kier alpha value is -2.41. The molecule has 7 heteroatoms. The Bertz CT molecular complexity index is 708. The van der Waals surface area contributed by atoms with Crippen molar-refractivity contribution in [2.75, 3.05) is 0 Å². The first-order valence-corrected chi connectivity index (χ1v) is 7.41. The molecule has 120 valence electrons. The Morgan fingerprint density at radius 2 is 1.91 bits per heavy atom. The maximum atomic E-state index is 13.1. The summed E-state index contributed by atoms with van der Waals surface area (Å²) in [5.74, 6) is -1.80. The second-order valence-corrected chi connectivity index (χ2v) is 5.50. The van der Waals surface area contributed by atoms with Gasteiger partial charge in [-0.25, -0.2) is 14.0 Å². The van der Waals surface area contributed by atoms with Gasteiger partial charge in [0.25, 0.3) is 0 Å². The van der Waals surface area contributed by atoms with Crippen molar-refractivity contribution in [2.45, 2.75) is 12.6 Å². The van der Waals surface area contributed by atoms with Gasteiger partial charge in [-0.2, -0.15) is 0 Å². The predicted molar refractivity (Wildman–Crippen MR) is 84.2 cm³/mol. The summed E-state index contributed by atoms with van der Waals surface area (Å²) >= 11 is 3.09. The van der Waals surface area contributed by atoms with E-state index in [0.29, 0.717) is 0 Å². The molecule has 5 nitrogen and oxygen atoms in total. The van der Waals surface area contributed by atoms with E-state index >= 15 is 0 Å². The number of carboxylic acids is 1. The number of halogens is 2. The lowest BCUT2D eigenvalue weighted by atomic mass is 10.1. The lowest BCUT2D eigenvalue weighted by Gasteiger charge is -2.16. The normalized spacial score (nSPS) is 11.6. The van der Waals surface area contributed by atoms with Gasteiger partial charge in [0.1, 0.15) is 12.4 Å². The molecule has 2 aromatic carbocycles. The van der Waals surface area contributed by atoms with E-state index in [-0.39, 0.29) is 16.6 Å². The van der Waals surface area contributed by atoms with E-state index in [1.54, 1.807) is 24.3 Å². The molecule has 0 bridgehead atoms. The van der Waals surface area contributed by atoms with Crippen LogP contribution < -0.4 is 5.32 Å². The molecule has 2 aromatic rings. The van der Waals surface area contributed by atoms with Gasteiger partial charge in [0, 0.05) is 10.0 Å². The molecule has 0 spiro atoms. The summed E-state index contributed by atoms with van der Waals surface area (Å²) in [6.07, 6.45) is -0.877. The predicted octanol–water partition coefficient (Wildman–Crippen LogP) is 3.64. The first kappa shape index (κ1) is 17.0. The number of hydrogen-bond donors (Lipinski definition) is 2. The zero-order valence-corrected chi connectivity index (χ0v) is 13.4. The molecule has 2 N–H and O–H groups in total. The molecule has 0 aromatic heterocycles. The van der Waals surface area contributed by atoms with Gasteiger partial charge in [0.2, 0.25) is 0 Å². The maximum absolute atomic E-state index is 13.1. The minimum atomic E-state index is -1.35. The number of hydrogen-bond acceptors (Lipinski definition) is 3. The van der Waals surface area contributed by atoms with E-state index < -0.39 is 23.9 Å². The van der Waals surface area contributed by atoms with Gasteiger partial charge in [-0.15, -0.1) is 0 Å². The Morgan fingerprint density at radius 1 is 1.22 bits per heavy atom. The van der Waals surface area contributed by atoms with E-state index in [0.717, 1.165) is 17.7 Å². The monoisotopic (exact) mass is 381 g/mol. The minimum Gasteiger partial charge on any atom is -0.479 e. The third-order valence-corrected chi connectivity index (χ3v) is 3.68. The average molecular weight is 382 g/mol. The summed E-state index contributed by atoms with van der Waals surface area (Å²) in [5.41, 5.74) is 0.994. The van der Waals surface area contributed by atoms with Crippen LogP contribution >= 0.6 is 15.9 Å². The molecule has 0 heterocycles. The number of benzene rings is 2. The van der Waals surface area contributed by atoms with Crippen molar-refractivity contribution < 1.29 is 23.8 Å². The van der Waals surface area contributed by atoms with Crippen LogP contribution in [0.5, 0.6) is 0 Å². The molecule has 0 aliphatic heterocycles. The average Bonchev–Trinajstić information content (AvgIpc) is 2.52. The van der Waals surface area contributed by atoms with Gasteiger partial charge in [0.05, 0.1) is 0 Å². The number of amides is 1. The van der Waals surface area contributed by atoms with Crippen molar-refractivity contribution in [1.82, 2.24) is 5.32 Å².